The normalized spacial score (nSPS) is 16.6. The second-order valence-electron chi connectivity index (χ2n) is 5.54. The first-order chi connectivity index (χ1) is 11.2. The van der Waals surface area contributed by atoms with Crippen LogP contribution in [0.5, 0.6) is 11.5 Å². The fourth-order valence-electron chi connectivity index (χ4n) is 2.41. The van der Waals surface area contributed by atoms with Gasteiger partial charge in [-0.15, -0.1) is 0 Å². The first-order valence-electron chi connectivity index (χ1n) is 8.07. The first kappa shape index (κ1) is 17.6. The zero-order valence-corrected chi connectivity index (χ0v) is 13.9. The predicted molar refractivity (Wildman–Crippen MR) is 88.0 cm³/mol. The van der Waals surface area contributed by atoms with Crippen LogP contribution in [0.1, 0.15) is 13.3 Å². The molecule has 128 valence electrons. The number of carbonyl (C=O) groups is 1. The molecule has 6 nitrogen and oxygen atoms in total. The average molecular weight is 322 g/mol. The van der Waals surface area contributed by atoms with E-state index in [4.69, 9.17) is 14.2 Å². The molecule has 0 spiro atoms. The highest BCUT2D eigenvalue weighted by atomic mass is 16.5. The molecule has 1 heterocycles. The lowest BCUT2D eigenvalue weighted by Gasteiger charge is -2.26. The van der Waals surface area contributed by atoms with Crippen LogP contribution in [0.2, 0.25) is 0 Å². The summed E-state index contributed by atoms with van der Waals surface area (Å²) in [6.07, 6.45) is 0.392. The molecular weight excluding hydrogens is 296 g/mol. The third-order valence-corrected chi connectivity index (χ3v) is 3.78. The monoisotopic (exact) mass is 322 g/mol. The van der Waals surface area contributed by atoms with Crippen LogP contribution in [0, 0.1) is 0 Å². The van der Waals surface area contributed by atoms with E-state index in [1.54, 1.807) is 20.1 Å². The van der Waals surface area contributed by atoms with Crippen LogP contribution in [0.25, 0.3) is 0 Å². The number of rotatable bonds is 8. The fourth-order valence-corrected chi connectivity index (χ4v) is 2.41. The van der Waals surface area contributed by atoms with Gasteiger partial charge in [0.05, 0.1) is 20.3 Å². The average Bonchev–Trinajstić information content (AvgIpc) is 2.59. The molecule has 0 aromatic heterocycles. The minimum atomic E-state index is -0.537. The van der Waals surface area contributed by atoms with E-state index in [2.05, 4.69) is 10.2 Å². The Bertz CT molecular complexity index is 489. The Morgan fingerprint density at radius 3 is 2.83 bits per heavy atom. The van der Waals surface area contributed by atoms with Crippen LogP contribution in [0.4, 0.5) is 0 Å². The molecule has 0 saturated carbocycles. The Morgan fingerprint density at radius 1 is 1.35 bits per heavy atom. The molecule has 0 radical (unpaired) electrons. The molecule has 1 fully saturated rings. The topological polar surface area (TPSA) is 60.0 Å². The van der Waals surface area contributed by atoms with Gasteiger partial charge in [0.25, 0.3) is 5.91 Å². The van der Waals surface area contributed by atoms with Gasteiger partial charge in [0, 0.05) is 25.7 Å². The SMILES string of the molecule is COc1cccc(O[C@@H](C)C(=O)NCCCN2CCOCC2)c1. The number of ether oxygens (including phenoxy) is 3. The lowest BCUT2D eigenvalue weighted by molar-refractivity contribution is -0.127. The maximum atomic E-state index is 12.1. The third kappa shape index (κ3) is 6.08. The van der Waals surface area contributed by atoms with Crippen LogP contribution in [-0.2, 0) is 9.53 Å². The van der Waals surface area contributed by atoms with Crippen molar-refractivity contribution in [1.82, 2.24) is 10.2 Å². The highest BCUT2D eigenvalue weighted by Gasteiger charge is 2.15. The molecule has 23 heavy (non-hydrogen) atoms. The quantitative estimate of drug-likeness (QED) is 0.731. The number of carbonyl (C=O) groups excluding carboxylic acids is 1. The van der Waals surface area contributed by atoms with Crippen molar-refractivity contribution in [1.29, 1.82) is 0 Å². The fraction of sp³-hybridized carbons (Fsp3) is 0.588. The summed E-state index contributed by atoms with van der Waals surface area (Å²) in [5.74, 6) is 1.23. The minimum Gasteiger partial charge on any atom is -0.497 e. The van der Waals surface area contributed by atoms with Gasteiger partial charge >= 0.3 is 0 Å². The molecule has 0 aliphatic carbocycles. The van der Waals surface area contributed by atoms with Crippen molar-refractivity contribution in [3.8, 4) is 11.5 Å². The molecule has 1 N–H and O–H groups in total. The third-order valence-electron chi connectivity index (χ3n) is 3.78. The summed E-state index contributed by atoms with van der Waals surface area (Å²) in [5.41, 5.74) is 0. The van der Waals surface area contributed by atoms with E-state index in [-0.39, 0.29) is 5.91 Å². The Morgan fingerprint density at radius 2 is 2.09 bits per heavy atom. The van der Waals surface area contributed by atoms with Crippen molar-refractivity contribution in [3.63, 3.8) is 0 Å². The van der Waals surface area contributed by atoms with E-state index in [1.807, 2.05) is 18.2 Å². The molecule has 1 aliphatic heterocycles. The molecule has 1 aromatic carbocycles. The van der Waals surface area contributed by atoms with Gasteiger partial charge in [0.2, 0.25) is 0 Å². The number of amides is 1. The van der Waals surface area contributed by atoms with Crippen molar-refractivity contribution < 1.29 is 19.0 Å². The molecule has 1 saturated heterocycles. The number of methoxy groups -OCH3 is 1. The van der Waals surface area contributed by atoms with E-state index < -0.39 is 6.10 Å². The van der Waals surface area contributed by atoms with Crippen LogP contribution in [-0.4, -0.2) is 63.4 Å². The van der Waals surface area contributed by atoms with Gasteiger partial charge in [-0.05, 0) is 32.0 Å². The number of morpholine rings is 1. The summed E-state index contributed by atoms with van der Waals surface area (Å²) in [6.45, 7) is 6.94. The number of nitrogens with one attached hydrogen (secondary N) is 1. The number of nitrogens with zero attached hydrogens (tertiary/aromatic N) is 1. The Kier molecular flexibility index (Phi) is 7.16. The summed E-state index contributed by atoms with van der Waals surface area (Å²) in [7, 11) is 1.60. The van der Waals surface area contributed by atoms with Crippen molar-refractivity contribution in [2.45, 2.75) is 19.4 Å². The maximum absolute atomic E-state index is 12.1. The largest absolute Gasteiger partial charge is 0.497 e. The van der Waals surface area contributed by atoms with E-state index in [1.165, 1.54) is 0 Å². The highest BCUT2D eigenvalue weighted by Crippen LogP contribution is 2.19. The van der Waals surface area contributed by atoms with E-state index in [0.29, 0.717) is 18.0 Å². The summed E-state index contributed by atoms with van der Waals surface area (Å²) >= 11 is 0. The smallest absolute Gasteiger partial charge is 0.260 e. The molecule has 1 aliphatic rings. The summed E-state index contributed by atoms with van der Waals surface area (Å²) in [5, 5.41) is 2.92. The van der Waals surface area contributed by atoms with Gasteiger partial charge < -0.3 is 19.5 Å². The molecule has 1 atom stereocenters. The van der Waals surface area contributed by atoms with E-state index >= 15 is 0 Å². The number of hydrogen-bond acceptors (Lipinski definition) is 5. The van der Waals surface area contributed by atoms with Gasteiger partial charge in [-0.1, -0.05) is 6.07 Å². The van der Waals surface area contributed by atoms with Gasteiger partial charge in [-0.2, -0.15) is 0 Å². The zero-order valence-electron chi connectivity index (χ0n) is 13.9. The lowest BCUT2D eigenvalue weighted by Crippen LogP contribution is -2.40. The molecule has 0 unspecified atom stereocenters. The lowest BCUT2D eigenvalue weighted by atomic mass is 10.3. The van der Waals surface area contributed by atoms with Crippen LogP contribution in [0.3, 0.4) is 0 Å². The van der Waals surface area contributed by atoms with Crippen molar-refractivity contribution in [2.24, 2.45) is 0 Å². The zero-order chi connectivity index (χ0) is 16.5. The second-order valence-corrected chi connectivity index (χ2v) is 5.54. The molecule has 0 bridgehead atoms. The van der Waals surface area contributed by atoms with Crippen molar-refractivity contribution in [2.75, 3.05) is 46.5 Å². The summed E-state index contributed by atoms with van der Waals surface area (Å²) in [4.78, 5) is 14.4. The molecule has 6 heteroatoms. The minimum absolute atomic E-state index is 0.102. The first-order valence-corrected chi connectivity index (χ1v) is 8.07. The van der Waals surface area contributed by atoms with Crippen LogP contribution in [0.15, 0.2) is 24.3 Å². The molecule has 1 amide bonds. The maximum Gasteiger partial charge on any atom is 0.260 e. The van der Waals surface area contributed by atoms with Gasteiger partial charge in [0.1, 0.15) is 11.5 Å². The molecule has 1 aromatic rings. The van der Waals surface area contributed by atoms with Crippen LogP contribution >= 0.6 is 0 Å². The van der Waals surface area contributed by atoms with Gasteiger partial charge in [-0.25, -0.2) is 0 Å². The Labute approximate surface area is 137 Å². The van der Waals surface area contributed by atoms with Crippen molar-refractivity contribution >= 4 is 5.91 Å². The summed E-state index contributed by atoms with van der Waals surface area (Å²) < 4.78 is 16.1. The number of benzene rings is 1. The van der Waals surface area contributed by atoms with Gasteiger partial charge in [0.15, 0.2) is 6.10 Å². The standard InChI is InChI=1S/C17H26N2O4/c1-14(23-16-6-3-5-15(13-16)21-2)17(20)18-7-4-8-19-9-11-22-12-10-19/h3,5-6,13-14H,4,7-12H2,1-2H3,(H,18,20)/t14-/m0/s1. The van der Waals surface area contributed by atoms with E-state index in [0.717, 1.165) is 39.3 Å². The number of hydrogen-bond donors (Lipinski definition) is 1. The van der Waals surface area contributed by atoms with E-state index in [9.17, 15) is 4.79 Å². The highest BCUT2D eigenvalue weighted by molar-refractivity contribution is 5.80. The Balaban J connectivity index is 1.65. The van der Waals surface area contributed by atoms with Crippen molar-refractivity contribution in [3.05, 3.63) is 24.3 Å². The molecular formula is C17H26N2O4. The predicted octanol–water partition coefficient (Wildman–Crippen LogP) is 1.30. The Hall–Kier alpha value is -1.79. The molecule has 2 rings (SSSR count). The summed E-state index contributed by atoms with van der Waals surface area (Å²) in [6, 6.07) is 7.25. The van der Waals surface area contributed by atoms with Gasteiger partial charge in [-0.3, -0.25) is 9.69 Å². The second kappa shape index (κ2) is 9.37. The van der Waals surface area contributed by atoms with Crippen LogP contribution < -0.4 is 14.8 Å².